The summed E-state index contributed by atoms with van der Waals surface area (Å²) in [5, 5.41) is 0. The zero-order valence-corrected chi connectivity index (χ0v) is 13.3. The monoisotopic (exact) mass is 279 g/mol. The number of unbranched alkanes of at least 4 members (excludes halogenated alkanes) is 3. The van der Waals surface area contributed by atoms with Crippen LogP contribution in [-0.4, -0.2) is 12.2 Å². The van der Waals surface area contributed by atoms with Crippen molar-refractivity contribution in [3.8, 4) is 11.5 Å². The van der Waals surface area contributed by atoms with Crippen LogP contribution in [0, 0.1) is 0 Å². The van der Waals surface area contributed by atoms with Gasteiger partial charge in [0.05, 0.1) is 17.9 Å². The van der Waals surface area contributed by atoms with Gasteiger partial charge in [-0.15, -0.1) is 0 Å². The van der Waals surface area contributed by atoms with Crippen molar-refractivity contribution in [2.24, 2.45) is 0 Å². The van der Waals surface area contributed by atoms with Gasteiger partial charge in [-0.05, 0) is 45.7 Å². The van der Waals surface area contributed by atoms with Gasteiger partial charge in [-0.3, -0.25) is 0 Å². The molecule has 2 N–H and O–H groups in total. The molecular weight excluding hydrogens is 250 g/mol. The Morgan fingerprint density at radius 2 is 1.80 bits per heavy atom. The van der Waals surface area contributed by atoms with Crippen molar-refractivity contribution in [2.45, 2.75) is 72.0 Å². The Balaban J connectivity index is 2.50. The molecule has 3 heteroatoms. The highest BCUT2D eigenvalue weighted by molar-refractivity contribution is 5.55. The third kappa shape index (κ3) is 6.18. The van der Waals surface area contributed by atoms with E-state index in [1.165, 1.54) is 25.7 Å². The van der Waals surface area contributed by atoms with Crippen LogP contribution in [0.15, 0.2) is 18.2 Å². The van der Waals surface area contributed by atoms with Gasteiger partial charge in [0.2, 0.25) is 0 Å². The van der Waals surface area contributed by atoms with Crippen LogP contribution >= 0.6 is 0 Å². The molecule has 0 amide bonds. The standard InChI is InChI=1S/C17H29NO2/c1-5-6-7-8-9-14(4)20-15-10-11-16(18)17(12-15)19-13(2)3/h10-14H,5-9,18H2,1-4H3. The Labute approximate surface area is 123 Å². The fourth-order valence-corrected chi connectivity index (χ4v) is 2.09. The van der Waals surface area contributed by atoms with E-state index in [1.54, 1.807) is 0 Å². The Morgan fingerprint density at radius 3 is 2.45 bits per heavy atom. The summed E-state index contributed by atoms with van der Waals surface area (Å²) in [4.78, 5) is 0. The quantitative estimate of drug-likeness (QED) is 0.522. The van der Waals surface area contributed by atoms with Gasteiger partial charge in [-0.1, -0.05) is 26.2 Å². The van der Waals surface area contributed by atoms with Crippen molar-refractivity contribution in [2.75, 3.05) is 5.73 Å². The van der Waals surface area contributed by atoms with Crippen LogP contribution in [0.1, 0.15) is 59.8 Å². The maximum Gasteiger partial charge on any atom is 0.146 e. The van der Waals surface area contributed by atoms with Crippen LogP contribution < -0.4 is 15.2 Å². The van der Waals surface area contributed by atoms with Crippen molar-refractivity contribution >= 4 is 5.69 Å². The summed E-state index contributed by atoms with van der Waals surface area (Å²) < 4.78 is 11.6. The van der Waals surface area contributed by atoms with E-state index >= 15 is 0 Å². The van der Waals surface area contributed by atoms with Gasteiger partial charge in [-0.25, -0.2) is 0 Å². The molecule has 114 valence electrons. The van der Waals surface area contributed by atoms with Crippen molar-refractivity contribution in [3.05, 3.63) is 18.2 Å². The number of benzene rings is 1. The Bertz CT molecular complexity index is 391. The second kappa shape index (κ2) is 8.72. The third-order valence-corrected chi connectivity index (χ3v) is 3.15. The summed E-state index contributed by atoms with van der Waals surface area (Å²) in [6, 6.07) is 5.64. The SMILES string of the molecule is CCCCCCC(C)Oc1ccc(N)c(OC(C)C)c1. The molecule has 1 rings (SSSR count). The Hall–Kier alpha value is -1.38. The van der Waals surface area contributed by atoms with Crippen LogP contribution in [0.5, 0.6) is 11.5 Å². The molecule has 0 aliphatic heterocycles. The third-order valence-electron chi connectivity index (χ3n) is 3.15. The second-order valence-electron chi connectivity index (χ2n) is 5.64. The molecule has 3 nitrogen and oxygen atoms in total. The zero-order chi connectivity index (χ0) is 15.0. The van der Waals surface area contributed by atoms with Gasteiger partial charge < -0.3 is 15.2 Å². The van der Waals surface area contributed by atoms with Crippen LogP contribution in [0.3, 0.4) is 0 Å². The molecule has 0 aliphatic rings. The minimum atomic E-state index is 0.110. The van der Waals surface area contributed by atoms with Gasteiger partial charge in [0.15, 0.2) is 0 Å². The molecule has 0 bridgehead atoms. The first-order valence-electron chi connectivity index (χ1n) is 7.75. The average molecular weight is 279 g/mol. The smallest absolute Gasteiger partial charge is 0.146 e. The molecule has 0 saturated carbocycles. The van der Waals surface area contributed by atoms with Gasteiger partial charge in [0.1, 0.15) is 11.5 Å². The van der Waals surface area contributed by atoms with Crippen molar-refractivity contribution < 1.29 is 9.47 Å². The van der Waals surface area contributed by atoms with E-state index in [4.69, 9.17) is 15.2 Å². The summed E-state index contributed by atoms with van der Waals surface area (Å²) in [5.41, 5.74) is 6.56. The highest BCUT2D eigenvalue weighted by Crippen LogP contribution is 2.28. The van der Waals surface area contributed by atoms with Crippen molar-refractivity contribution in [3.63, 3.8) is 0 Å². The number of ether oxygens (including phenoxy) is 2. The minimum Gasteiger partial charge on any atom is -0.491 e. The summed E-state index contributed by atoms with van der Waals surface area (Å²) in [5.74, 6) is 1.54. The first-order valence-corrected chi connectivity index (χ1v) is 7.75. The van der Waals surface area contributed by atoms with Gasteiger partial charge in [-0.2, -0.15) is 0 Å². The summed E-state index contributed by atoms with van der Waals surface area (Å²) >= 11 is 0. The number of nitrogen functional groups attached to an aromatic ring is 1. The predicted octanol–water partition coefficient (Wildman–Crippen LogP) is 4.79. The molecule has 0 saturated heterocycles. The molecule has 1 aromatic carbocycles. The van der Waals surface area contributed by atoms with Gasteiger partial charge >= 0.3 is 0 Å². The first-order chi connectivity index (χ1) is 9.52. The largest absolute Gasteiger partial charge is 0.491 e. The normalized spacial score (nSPS) is 12.4. The number of hydrogen-bond donors (Lipinski definition) is 1. The number of hydrogen-bond acceptors (Lipinski definition) is 3. The van der Waals surface area contributed by atoms with Crippen molar-refractivity contribution in [1.82, 2.24) is 0 Å². The van der Waals surface area contributed by atoms with E-state index in [2.05, 4.69) is 13.8 Å². The van der Waals surface area contributed by atoms with E-state index in [9.17, 15) is 0 Å². The lowest BCUT2D eigenvalue weighted by Gasteiger charge is -2.17. The lowest BCUT2D eigenvalue weighted by molar-refractivity contribution is 0.203. The minimum absolute atomic E-state index is 0.110. The highest BCUT2D eigenvalue weighted by atomic mass is 16.5. The second-order valence-corrected chi connectivity index (χ2v) is 5.64. The fourth-order valence-electron chi connectivity index (χ4n) is 2.09. The molecule has 1 unspecified atom stereocenters. The summed E-state index contributed by atoms with van der Waals surface area (Å²) in [6.45, 7) is 8.32. The molecule has 0 aliphatic carbocycles. The summed E-state index contributed by atoms with van der Waals surface area (Å²) in [7, 11) is 0. The number of rotatable bonds is 9. The van der Waals surface area contributed by atoms with E-state index in [-0.39, 0.29) is 12.2 Å². The van der Waals surface area contributed by atoms with E-state index in [1.807, 2.05) is 32.0 Å². The van der Waals surface area contributed by atoms with Gasteiger partial charge in [0.25, 0.3) is 0 Å². The zero-order valence-electron chi connectivity index (χ0n) is 13.3. The molecule has 1 aromatic rings. The van der Waals surface area contributed by atoms with E-state index < -0.39 is 0 Å². The molecule has 0 aromatic heterocycles. The van der Waals surface area contributed by atoms with Crippen molar-refractivity contribution in [1.29, 1.82) is 0 Å². The maximum atomic E-state index is 5.94. The molecule has 0 heterocycles. The van der Waals surface area contributed by atoms with Crippen LogP contribution in [0.25, 0.3) is 0 Å². The maximum absolute atomic E-state index is 5.94. The number of nitrogens with two attached hydrogens (primary N) is 1. The predicted molar refractivity (Wildman–Crippen MR) is 85.5 cm³/mol. The molecule has 0 radical (unpaired) electrons. The molecule has 1 atom stereocenters. The Morgan fingerprint density at radius 1 is 1.05 bits per heavy atom. The topological polar surface area (TPSA) is 44.5 Å². The van der Waals surface area contributed by atoms with Crippen LogP contribution in [-0.2, 0) is 0 Å². The highest BCUT2D eigenvalue weighted by Gasteiger charge is 2.08. The van der Waals surface area contributed by atoms with Crippen LogP contribution in [0.4, 0.5) is 5.69 Å². The van der Waals surface area contributed by atoms with Gasteiger partial charge in [0, 0.05) is 6.07 Å². The molecule has 0 fully saturated rings. The van der Waals surface area contributed by atoms with Crippen LogP contribution in [0.2, 0.25) is 0 Å². The van der Waals surface area contributed by atoms with E-state index in [0.29, 0.717) is 11.4 Å². The van der Waals surface area contributed by atoms with E-state index in [0.717, 1.165) is 12.2 Å². The first kappa shape index (κ1) is 16.7. The summed E-state index contributed by atoms with van der Waals surface area (Å²) in [6.07, 6.45) is 6.50. The number of anilines is 1. The lowest BCUT2D eigenvalue weighted by atomic mass is 10.1. The molecule has 0 spiro atoms. The average Bonchev–Trinajstić information content (AvgIpc) is 2.38. The fraction of sp³-hybridized carbons (Fsp3) is 0.647. The molecule has 20 heavy (non-hydrogen) atoms. The lowest BCUT2D eigenvalue weighted by Crippen LogP contribution is -2.12. The Kier molecular flexibility index (Phi) is 7.27. The molecular formula is C17H29NO2.